The Bertz CT molecular complexity index is 430. The minimum atomic E-state index is -0.0827. The topological polar surface area (TPSA) is 50.4 Å². The predicted molar refractivity (Wildman–Crippen MR) is 84.3 cm³/mol. The SMILES string of the molecule is CCC(C)C(C(=O)NCC1COCCN1)c1ccccc1. The maximum atomic E-state index is 12.6. The lowest BCUT2D eigenvalue weighted by molar-refractivity contribution is -0.123. The van der Waals surface area contributed by atoms with Crippen LogP contribution in [0.25, 0.3) is 0 Å². The number of amides is 1. The second kappa shape index (κ2) is 8.15. The maximum Gasteiger partial charge on any atom is 0.227 e. The van der Waals surface area contributed by atoms with E-state index in [1.54, 1.807) is 0 Å². The van der Waals surface area contributed by atoms with Gasteiger partial charge in [0.15, 0.2) is 0 Å². The summed E-state index contributed by atoms with van der Waals surface area (Å²) in [5, 5.41) is 6.44. The Balaban J connectivity index is 1.97. The van der Waals surface area contributed by atoms with Gasteiger partial charge in [-0.1, -0.05) is 50.6 Å². The molecular formula is C17H26N2O2. The van der Waals surface area contributed by atoms with Crippen molar-refractivity contribution in [2.24, 2.45) is 5.92 Å². The molecule has 0 aromatic heterocycles. The summed E-state index contributed by atoms with van der Waals surface area (Å²) in [5.74, 6) is 0.353. The minimum absolute atomic E-state index is 0.0827. The molecule has 4 nitrogen and oxygen atoms in total. The smallest absolute Gasteiger partial charge is 0.227 e. The van der Waals surface area contributed by atoms with E-state index in [1.165, 1.54) is 0 Å². The Kier molecular flexibility index (Phi) is 6.21. The number of nitrogens with one attached hydrogen (secondary N) is 2. The zero-order chi connectivity index (χ0) is 15.1. The third kappa shape index (κ3) is 4.55. The molecule has 1 fully saturated rings. The van der Waals surface area contributed by atoms with E-state index in [4.69, 9.17) is 4.74 Å². The van der Waals surface area contributed by atoms with Crippen LogP contribution in [-0.4, -0.2) is 38.3 Å². The van der Waals surface area contributed by atoms with E-state index in [0.29, 0.717) is 19.1 Å². The van der Waals surface area contributed by atoms with Gasteiger partial charge in [0.25, 0.3) is 0 Å². The van der Waals surface area contributed by atoms with Gasteiger partial charge in [-0.05, 0) is 11.5 Å². The van der Waals surface area contributed by atoms with Gasteiger partial charge < -0.3 is 15.4 Å². The maximum absolute atomic E-state index is 12.6. The first-order valence-electron chi connectivity index (χ1n) is 7.86. The summed E-state index contributed by atoms with van der Waals surface area (Å²) in [4.78, 5) is 12.6. The molecule has 2 rings (SSSR count). The Morgan fingerprint density at radius 1 is 1.43 bits per heavy atom. The number of morpholine rings is 1. The van der Waals surface area contributed by atoms with E-state index in [-0.39, 0.29) is 17.9 Å². The van der Waals surface area contributed by atoms with Gasteiger partial charge in [-0.2, -0.15) is 0 Å². The van der Waals surface area contributed by atoms with Crippen molar-refractivity contribution >= 4 is 5.91 Å². The Hall–Kier alpha value is -1.39. The summed E-state index contributed by atoms with van der Waals surface area (Å²) in [6.45, 7) is 7.17. The molecule has 3 atom stereocenters. The van der Waals surface area contributed by atoms with Crippen LogP contribution in [0.3, 0.4) is 0 Å². The fourth-order valence-electron chi connectivity index (χ4n) is 2.72. The lowest BCUT2D eigenvalue weighted by Crippen LogP contribution is -2.49. The zero-order valence-corrected chi connectivity index (χ0v) is 13.0. The van der Waals surface area contributed by atoms with Crippen molar-refractivity contribution < 1.29 is 9.53 Å². The first-order chi connectivity index (χ1) is 10.2. The van der Waals surface area contributed by atoms with Gasteiger partial charge in [0.05, 0.1) is 19.1 Å². The molecule has 1 aromatic rings. The average molecular weight is 290 g/mol. The van der Waals surface area contributed by atoms with Crippen LogP contribution in [0.2, 0.25) is 0 Å². The number of carbonyl (C=O) groups excluding carboxylic acids is 1. The van der Waals surface area contributed by atoms with Crippen LogP contribution in [0.4, 0.5) is 0 Å². The Labute approximate surface area is 127 Å². The number of benzene rings is 1. The van der Waals surface area contributed by atoms with Gasteiger partial charge in [-0.15, -0.1) is 0 Å². The molecule has 1 amide bonds. The normalized spacial score (nSPS) is 21.5. The summed E-state index contributed by atoms with van der Waals surface area (Å²) in [7, 11) is 0. The number of carbonyl (C=O) groups is 1. The quantitative estimate of drug-likeness (QED) is 0.841. The third-order valence-corrected chi connectivity index (χ3v) is 4.18. The first kappa shape index (κ1) is 16.0. The van der Waals surface area contributed by atoms with Crippen LogP contribution in [0.15, 0.2) is 30.3 Å². The molecule has 0 bridgehead atoms. The van der Waals surface area contributed by atoms with Gasteiger partial charge in [-0.3, -0.25) is 4.79 Å². The largest absolute Gasteiger partial charge is 0.378 e. The van der Waals surface area contributed by atoms with E-state index in [2.05, 4.69) is 24.5 Å². The Morgan fingerprint density at radius 2 is 2.19 bits per heavy atom. The van der Waals surface area contributed by atoms with Crippen LogP contribution < -0.4 is 10.6 Å². The van der Waals surface area contributed by atoms with Gasteiger partial charge in [0.2, 0.25) is 5.91 Å². The molecule has 0 saturated carbocycles. The molecule has 1 saturated heterocycles. The number of hydrogen-bond acceptors (Lipinski definition) is 3. The summed E-state index contributed by atoms with van der Waals surface area (Å²) in [6.07, 6.45) is 0.984. The summed E-state index contributed by atoms with van der Waals surface area (Å²) >= 11 is 0. The van der Waals surface area contributed by atoms with Crippen molar-refractivity contribution in [2.45, 2.75) is 32.2 Å². The number of ether oxygens (including phenoxy) is 1. The highest BCUT2D eigenvalue weighted by Crippen LogP contribution is 2.27. The lowest BCUT2D eigenvalue weighted by Gasteiger charge is -2.27. The standard InChI is InChI=1S/C17H26N2O2/c1-3-13(2)16(14-7-5-4-6-8-14)17(20)19-11-15-12-21-10-9-18-15/h4-8,13,15-16,18H,3,9-12H2,1-2H3,(H,19,20). The van der Waals surface area contributed by atoms with Crippen molar-refractivity contribution in [1.82, 2.24) is 10.6 Å². The number of rotatable bonds is 6. The molecule has 4 heteroatoms. The van der Waals surface area contributed by atoms with Crippen LogP contribution in [0.1, 0.15) is 31.7 Å². The predicted octanol–water partition coefficient (Wildman–Crippen LogP) is 1.92. The van der Waals surface area contributed by atoms with E-state index in [0.717, 1.165) is 25.1 Å². The van der Waals surface area contributed by atoms with Crippen LogP contribution in [0.5, 0.6) is 0 Å². The highest BCUT2D eigenvalue weighted by Gasteiger charge is 2.26. The average Bonchev–Trinajstić information content (AvgIpc) is 2.55. The lowest BCUT2D eigenvalue weighted by atomic mass is 9.85. The van der Waals surface area contributed by atoms with Crippen molar-refractivity contribution in [3.63, 3.8) is 0 Å². The van der Waals surface area contributed by atoms with Crippen molar-refractivity contribution in [3.05, 3.63) is 35.9 Å². The van der Waals surface area contributed by atoms with E-state index in [9.17, 15) is 4.79 Å². The Morgan fingerprint density at radius 3 is 2.81 bits per heavy atom. The first-order valence-corrected chi connectivity index (χ1v) is 7.86. The van der Waals surface area contributed by atoms with Gasteiger partial charge in [-0.25, -0.2) is 0 Å². The molecule has 116 valence electrons. The summed E-state index contributed by atoms with van der Waals surface area (Å²) < 4.78 is 5.41. The van der Waals surface area contributed by atoms with Crippen LogP contribution in [-0.2, 0) is 9.53 Å². The zero-order valence-electron chi connectivity index (χ0n) is 13.0. The van der Waals surface area contributed by atoms with E-state index in [1.807, 2.05) is 30.3 Å². The van der Waals surface area contributed by atoms with Crippen LogP contribution in [0, 0.1) is 5.92 Å². The molecule has 1 aromatic carbocycles. The van der Waals surface area contributed by atoms with Gasteiger partial charge in [0.1, 0.15) is 0 Å². The summed E-state index contributed by atoms with van der Waals surface area (Å²) in [6, 6.07) is 10.3. The molecule has 3 unspecified atom stereocenters. The van der Waals surface area contributed by atoms with Crippen molar-refractivity contribution in [3.8, 4) is 0 Å². The molecule has 2 N–H and O–H groups in total. The number of hydrogen-bond donors (Lipinski definition) is 2. The van der Waals surface area contributed by atoms with Crippen LogP contribution >= 0.6 is 0 Å². The molecule has 0 aliphatic carbocycles. The van der Waals surface area contributed by atoms with E-state index >= 15 is 0 Å². The molecule has 1 heterocycles. The van der Waals surface area contributed by atoms with E-state index < -0.39 is 0 Å². The fraction of sp³-hybridized carbons (Fsp3) is 0.588. The molecule has 21 heavy (non-hydrogen) atoms. The third-order valence-electron chi connectivity index (χ3n) is 4.18. The van der Waals surface area contributed by atoms with Gasteiger partial charge >= 0.3 is 0 Å². The monoisotopic (exact) mass is 290 g/mol. The second-order valence-corrected chi connectivity index (χ2v) is 5.75. The second-order valence-electron chi connectivity index (χ2n) is 5.75. The fourth-order valence-corrected chi connectivity index (χ4v) is 2.72. The minimum Gasteiger partial charge on any atom is -0.378 e. The van der Waals surface area contributed by atoms with Crippen molar-refractivity contribution in [1.29, 1.82) is 0 Å². The highest BCUT2D eigenvalue weighted by molar-refractivity contribution is 5.84. The van der Waals surface area contributed by atoms with Crippen molar-refractivity contribution in [2.75, 3.05) is 26.3 Å². The summed E-state index contributed by atoms with van der Waals surface area (Å²) in [5.41, 5.74) is 1.09. The molecule has 0 radical (unpaired) electrons. The molecular weight excluding hydrogens is 264 g/mol. The molecule has 1 aliphatic rings. The molecule has 1 aliphatic heterocycles. The molecule has 0 spiro atoms. The van der Waals surface area contributed by atoms with Gasteiger partial charge in [0, 0.05) is 19.1 Å². The highest BCUT2D eigenvalue weighted by atomic mass is 16.5.